The van der Waals surface area contributed by atoms with Gasteiger partial charge in [0.05, 0.1) is 0 Å². The first-order valence-electron chi connectivity index (χ1n) is 17.8. The highest BCUT2D eigenvalue weighted by molar-refractivity contribution is 7.26. The minimum Gasteiger partial charge on any atom is -0.208 e. The van der Waals surface area contributed by atoms with Gasteiger partial charge in [-0.15, -0.1) is 11.3 Å². The van der Waals surface area contributed by atoms with Gasteiger partial charge in [-0.25, -0.2) is 15.0 Å². The molecule has 0 radical (unpaired) electrons. The van der Waals surface area contributed by atoms with E-state index in [1.165, 1.54) is 53.2 Å². The SMILES string of the molecule is c1ccc(-c2nc(-c3ccccc3)nc(-c3ccccc3-c3cccc4sc5ccc(-c6ccc(-c7cccc8ccccc78)cc6)cc5c34)n2)cc1. The molecule has 10 aromatic rings. The number of thiophene rings is 1. The molecule has 0 spiro atoms. The largest absolute Gasteiger partial charge is 0.208 e. The van der Waals surface area contributed by atoms with Crippen molar-refractivity contribution in [3.05, 3.63) is 188 Å². The Hall–Kier alpha value is -6.75. The van der Waals surface area contributed by atoms with Gasteiger partial charge < -0.3 is 0 Å². The second kappa shape index (κ2) is 13.1. The normalized spacial score (nSPS) is 11.4. The summed E-state index contributed by atoms with van der Waals surface area (Å²) in [6.45, 7) is 0. The van der Waals surface area contributed by atoms with Crippen LogP contribution < -0.4 is 0 Å². The van der Waals surface area contributed by atoms with Gasteiger partial charge in [-0.05, 0) is 62.4 Å². The third-order valence-electron chi connectivity index (χ3n) is 9.97. The van der Waals surface area contributed by atoms with Crippen LogP contribution in [-0.2, 0) is 0 Å². The standard InChI is InChI=1S/C49H31N3S/c1-3-14-35(15-4-1)47-50-48(36-16-5-2-6-17-36)52-49(51-47)42-21-10-9-20-40(42)41-23-12-24-45-46(41)43-31-37(29-30-44(43)53-45)32-25-27-34(28-26-32)39-22-11-18-33-13-7-8-19-38(33)39/h1-31H. The van der Waals surface area contributed by atoms with E-state index in [0.29, 0.717) is 17.5 Å². The molecule has 2 aromatic heterocycles. The van der Waals surface area contributed by atoms with Crippen LogP contribution in [0.15, 0.2) is 188 Å². The number of fused-ring (bicyclic) bond motifs is 4. The molecular weight excluding hydrogens is 663 g/mol. The summed E-state index contributed by atoms with van der Waals surface area (Å²) in [5.41, 5.74) is 9.99. The van der Waals surface area contributed by atoms with Gasteiger partial charge in [0.15, 0.2) is 17.5 Å². The predicted molar refractivity (Wildman–Crippen MR) is 223 cm³/mol. The molecule has 0 aliphatic rings. The van der Waals surface area contributed by atoms with Crippen molar-refractivity contribution in [1.82, 2.24) is 15.0 Å². The minimum atomic E-state index is 0.650. The summed E-state index contributed by atoms with van der Waals surface area (Å²) in [5, 5.41) is 5.02. The van der Waals surface area contributed by atoms with E-state index < -0.39 is 0 Å². The second-order valence-electron chi connectivity index (χ2n) is 13.2. The topological polar surface area (TPSA) is 38.7 Å². The molecule has 248 valence electrons. The van der Waals surface area contributed by atoms with E-state index in [4.69, 9.17) is 15.0 Å². The molecule has 8 aromatic carbocycles. The Morgan fingerprint density at radius 2 is 0.849 bits per heavy atom. The molecule has 0 N–H and O–H groups in total. The van der Waals surface area contributed by atoms with Crippen molar-refractivity contribution >= 4 is 42.3 Å². The molecule has 0 aliphatic carbocycles. The molecule has 53 heavy (non-hydrogen) atoms. The van der Waals surface area contributed by atoms with Crippen molar-refractivity contribution in [1.29, 1.82) is 0 Å². The van der Waals surface area contributed by atoms with Gasteiger partial charge in [-0.3, -0.25) is 0 Å². The predicted octanol–water partition coefficient (Wildman–Crippen LogP) is 13.4. The zero-order valence-electron chi connectivity index (χ0n) is 28.6. The van der Waals surface area contributed by atoms with Crippen LogP contribution in [0, 0.1) is 0 Å². The Morgan fingerprint density at radius 1 is 0.302 bits per heavy atom. The van der Waals surface area contributed by atoms with Crippen molar-refractivity contribution in [3.63, 3.8) is 0 Å². The fourth-order valence-electron chi connectivity index (χ4n) is 7.39. The molecule has 0 saturated carbocycles. The Labute approximate surface area is 311 Å². The molecule has 3 nitrogen and oxygen atoms in total. The lowest BCUT2D eigenvalue weighted by Crippen LogP contribution is -2.01. The van der Waals surface area contributed by atoms with E-state index >= 15 is 0 Å². The molecule has 10 rings (SSSR count). The fraction of sp³-hybridized carbons (Fsp3) is 0. The van der Waals surface area contributed by atoms with E-state index in [1.54, 1.807) is 0 Å². The Bertz CT molecular complexity index is 2870. The van der Waals surface area contributed by atoms with Crippen LogP contribution in [-0.4, -0.2) is 15.0 Å². The molecule has 0 saturated heterocycles. The third-order valence-corrected chi connectivity index (χ3v) is 11.1. The van der Waals surface area contributed by atoms with Crippen molar-refractivity contribution in [2.45, 2.75) is 0 Å². The van der Waals surface area contributed by atoms with E-state index in [0.717, 1.165) is 27.8 Å². The maximum Gasteiger partial charge on any atom is 0.164 e. The lowest BCUT2D eigenvalue weighted by atomic mass is 9.93. The number of hydrogen-bond acceptors (Lipinski definition) is 4. The summed E-state index contributed by atoms with van der Waals surface area (Å²) < 4.78 is 2.51. The van der Waals surface area contributed by atoms with Crippen LogP contribution in [0.3, 0.4) is 0 Å². The van der Waals surface area contributed by atoms with Crippen molar-refractivity contribution in [2.24, 2.45) is 0 Å². The Kier molecular flexibility index (Phi) is 7.67. The number of hydrogen-bond donors (Lipinski definition) is 0. The lowest BCUT2D eigenvalue weighted by molar-refractivity contribution is 1.07. The van der Waals surface area contributed by atoms with Crippen LogP contribution in [0.4, 0.5) is 0 Å². The number of rotatable bonds is 6. The Morgan fingerprint density at radius 3 is 1.60 bits per heavy atom. The summed E-state index contributed by atoms with van der Waals surface area (Å²) in [5.74, 6) is 1.95. The molecule has 0 unspecified atom stereocenters. The van der Waals surface area contributed by atoms with E-state index in [2.05, 4.69) is 127 Å². The van der Waals surface area contributed by atoms with Crippen molar-refractivity contribution in [3.8, 4) is 67.5 Å². The highest BCUT2D eigenvalue weighted by Crippen LogP contribution is 2.44. The van der Waals surface area contributed by atoms with Gasteiger partial charge in [0.2, 0.25) is 0 Å². The summed E-state index contributed by atoms with van der Waals surface area (Å²) in [4.78, 5) is 15.1. The summed E-state index contributed by atoms with van der Waals surface area (Å²) in [6, 6.07) is 66.4. The first-order valence-corrected chi connectivity index (χ1v) is 18.6. The number of aromatic nitrogens is 3. The average molecular weight is 694 g/mol. The zero-order chi connectivity index (χ0) is 35.1. The maximum atomic E-state index is 5.10. The van der Waals surface area contributed by atoms with Crippen LogP contribution in [0.5, 0.6) is 0 Å². The molecule has 0 fully saturated rings. The van der Waals surface area contributed by atoms with Crippen LogP contribution >= 0.6 is 11.3 Å². The first kappa shape index (κ1) is 31.0. The third kappa shape index (κ3) is 5.66. The highest BCUT2D eigenvalue weighted by Gasteiger charge is 2.19. The number of nitrogens with zero attached hydrogens (tertiary/aromatic N) is 3. The summed E-state index contributed by atoms with van der Waals surface area (Å²) in [6.07, 6.45) is 0. The van der Waals surface area contributed by atoms with Crippen LogP contribution in [0.2, 0.25) is 0 Å². The minimum absolute atomic E-state index is 0.650. The molecule has 4 heteroatoms. The van der Waals surface area contributed by atoms with Crippen molar-refractivity contribution < 1.29 is 0 Å². The van der Waals surface area contributed by atoms with Crippen molar-refractivity contribution in [2.75, 3.05) is 0 Å². The molecule has 0 aliphatic heterocycles. The smallest absolute Gasteiger partial charge is 0.164 e. The summed E-state index contributed by atoms with van der Waals surface area (Å²) in [7, 11) is 0. The van der Waals surface area contributed by atoms with Gasteiger partial charge in [-0.2, -0.15) is 0 Å². The first-order chi connectivity index (χ1) is 26.3. The van der Waals surface area contributed by atoms with Gasteiger partial charge in [-0.1, -0.05) is 170 Å². The molecule has 0 amide bonds. The van der Waals surface area contributed by atoms with Crippen LogP contribution in [0.25, 0.3) is 98.5 Å². The Balaban J connectivity index is 1.10. The quantitative estimate of drug-likeness (QED) is 0.174. The highest BCUT2D eigenvalue weighted by atomic mass is 32.1. The van der Waals surface area contributed by atoms with E-state index in [1.807, 2.05) is 72.0 Å². The fourth-order valence-corrected chi connectivity index (χ4v) is 8.50. The van der Waals surface area contributed by atoms with E-state index in [9.17, 15) is 0 Å². The lowest BCUT2D eigenvalue weighted by Gasteiger charge is -2.13. The van der Waals surface area contributed by atoms with Crippen LogP contribution in [0.1, 0.15) is 0 Å². The monoisotopic (exact) mass is 693 g/mol. The molecule has 0 atom stereocenters. The molecule has 0 bridgehead atoms. The van der Waals surface area contributed by atoms with Gasteiger partial charge >= 0.3 is 0 Å². The van der Waals surface area contributed by atoms with Gasteiger partial charge in [0.25, 0.3) is 0 Å². The second-order valence-corrected chi connectivity index (χ2v) is 14.3. The average Bonchev–Trinajstić information content (AvgIpc) is 3.62. The van der Waals surface area contributed by atoms with Gasteiger partial charge in [0.1, 0.15) is 0 Å². The van der Waals surface area contributed by atoms with E-state index in [-0.39, 0.29) is 0 Å². The van der Waals surface area contributed by atoms with Gasteiger partial charge in [0, 0.05) is 36.9 Å². The summed E-state index contributed by atoms with van der Waals surface area (Å²) >= 11 is 1.84. The molecule has 2 heterocycles. The zero-order valence-corrected chi connectivity index (χ0v) is 29.5. The maximum absolute atomic E-state index is 5.10. The number of benzene rings is 8. The molecular formula is C49H31N3S.